The summed E-state index contributed by atoms with van der Waals surface area (Å²) >= 11 is 0. The summed E-state index contributed by atoms with van der Waals surface area (Å²) < 4.78 is 14.0. The van der Waals surface area contributed by atoms with Crippen molar-refractivity contribution >= 4 is 0 Å². The van der Waals surface area contributed by atoms with Crippen molar-refractivity contribution in [2.75, 3.05) is 0 Å². The minimum absolute atomic E-state index is 0.0986. The molecule has 3 aromatic rings. The number of nitrogens with zero attached hydrogens (tertiary/aromatic N) is 2. The molecule has 0 aliphatic heterocycles. The van der Waals surface area contributed by atoms with Gasteiger partial charge in [-0.15, -0.1) is 0 Å². The van der Waals surface area contributed by atoms with Gasteiger partial charge in [0.25, 0.3) is 0 Å². The van der Waals surface area contributed by atoms with Crippen molar-refractivity contribution in [2.45, 2.75) is 51.9 Å². The van der Waals surface area contributed by atoms with E-state index in [0.29, 0.717) is 22.9 Å². The van der Waals surface area contributed by atoms with E-state index in [1.807, 2.05) is 12.1 Å². The van der Waals surface area contributed by atoms with Crippen LogP contribution >= 0.6 is 0 Å². The molecule has 0 aliphatic rings. The molecule has 1 N–H and O–H groups in total. The number of rotatable bonds is 8. The normalized spacial score (nSPS) is 12.1. The van der Waals surface area contributed by atoms with Gasteiger partial charge in [-0.2, -0.15) is 0 Å². The predicted molar refractivity (Wildman–Crippen MR) is 112 cm³/mol. The molecule has 1 atom stereocenters. The molecule has 1 unspecified atom stereocenters. The average molecular weight is 378 g/mol. The number of aromatic nitrogens is 2. The van der Waals surface area contributed by atoms with Gasteiger partial charge in [-0.25, -0.2) is 14.4 Å². The molecule has 0 spiro atoms. The second-order valence-electron chi connectivity index (χ2n) is 7.33. The van der Waals surface area contributed by atoms with Crippen LogP contribution in [-0.4, -0.2) is 15.1 Å². The summed E-state index contributed by atoms with van der Waals surface area (Å²) in [5.41, 5.74) is 3.23. The van der Waals surface area contributed by atoms with Crippen molar-refractivity contribution in [3.05, 3.63) is 66.2 Å². The van der Waals surface area contributed by atoms with Crippen LogP contribution < -0.4 is 0 Å². The van der Waals surface area contributed by atoms with Gasteiger partial charge in [-0.3, -0.25) is 0 Å². The van der Waals surface area contributed by atoms with Gasteiger partial charge in [0.05, 0.1) is 0 Å². The number of benzene rings is 2. The molecule has 4 heteroatoms. The highest BCUT2D eigenvalue weighted by molar-refractivity contribution is 5.65. The Balaban J connectivity index is 1.68. The molecule has 3 rings (SSSR count). The molecule has 3 nitrogen and oxygen atoms in total. The first-order valence-electron chi connectivity index (χ1n) is 9.99. The van der Waals surface area contributed by atoms with Crippen LogP contribution in [0.5, 0.6) is 5.75 Å². The first-order valence-corrected chi connectivity index (χ1v) is 9.99. The molecular formula is C24H27FN2O. The fourth-order valence-corrected chi connectivity index (χ4v) is 3.36. The Morgan fingerprint density at radius 3 is 2.29 bits per heavy atom. The molecular weight excluding hydrogens is 351 g/mol. The van der Waals surface area contributed by atoms with E-state index in [4.69, 9.17) is 0 Å². The lowest BCUT2D eigenvalue weighted by molar-refractivity contribution is 0.469. The van der Waals surface area contributed by atoms with Crippen molar-refractivity contribution in [1.29, 1.82) is 0 Å². The number of aromatic hydroxyl groups is 1. The molecule has 146 valence electrons. The molecule has 2 aromatic carbocycles. The topological polar surface area (TPSA) is 46.0 Å². The van der Waals surface area contributed by atoms with Crippen LogP contribution in [0.1, 0.15) is 57.4 Å². The van der Waals surface area contributed by atoms with Gasteiger partial charge < -0.3 is 5.11 Å². The van der Waals surface area contributed by atoms with Crippen molar-refractivity contribution in [2.24, 2.45) is 0 Å². The zero-order chi connectivity index (χ0) is 19.9. The summed E-state index contributed by atoms with van der Waals surface area (Å²) in [4.78, 5) is 8.79. The number of unbranched alkanes of at least 4 members (excludes halogenated alkanes) is 3. The summed E-state index contributed by atoms with van der Waals surface area (Å²) in [7, 11) is 0. The Kier molecular flexibility index (Phi) is 6.75. The van der Waals surface area contributed by atoms with Crippen LogP contribution in [0.3, 0.4) is 0 Å². The highest BCUT2D eigenvalue weighted by Crippen LogP contribution is 2.27. The minimum atomic E-state index is -0.492. The smallest absolute Gasteiger partial charge is 0.159 e. The van der Waals surface area contributed by atoms with E-state index in [-0.39, 0.29) is 5.75 Å². The zero-order valence-electron chi connectivity index (χ0n) is 16.5. The predicted octanol–water partition coefficient (Wildman–Crippen LogP) is 6.73. The molecule has 0 aliphatic carbocycles. The van der Waals surface area contributed by atoms with Crippen LogP contribution in [-0.2, 0) is 0 Å². The zero-order valence-corrected chi connectivity index (χ0v) is 16.5. The highest BCUT2D eigenvalue weighted by Gasteiger charge is 2.10. The first-order chi connectivity index (χ1) is 13.6. The third kappa shape index (κ3) is 4.94. The number of phenolic OH excluding ortho intramolecular Hbond substituents is 1. The molecule has 0 radical (unpaired) electrons. The first kappa shape index (κ1) is 20.0. The summed E-state index contributed by atoms with van der Waals surface area (Å²) in [6.07, 6.45) is 9.59. The van der Waals surface area contributed by atoms with Gasteiger partial charge in [0.15, 0.2) is 5.82 Å². The maximum absolute atomic E-state index is 14.0. The van der Waals surface area contributed by atoms with Gasteiger partial charge in [0.2, 0.25) is 0 Å². The van der Waals surface area contributed by atoms with E-state index in [0.717, 1.165) is 11.6 Å². The maximum atomic E-state index is 14.0. The van der Waals surface area contributed by atoms with Gasteiger partial charge in [0, 0.05) is 35.2 Å². The summed E-state index contributed by atoms with van der Waals surface area (Å²) in [6.45, 7) is 4.51. The second kappa shape index (κ2) is 9.45. The Hall–Kier alpha value is -2.75. The lowest BCUT2D eigenvalue weighted by atomic mass is 9.94. The van der Waals surface area contributed by atoms with E-state index in [2.05, 4.69) is 35.9 Å². The molecule has 0 bridgehead atoms. The number of hydrogen-bond donors (Lipinski definition) is 1. The van der Waals surface area contributed by atoms with E-state index in [1.54, 1.807) is 12.4 Å². The number of phenols is 1. The third-order valence-electron chi connectivity index (χ3n) is 5.14. The second-order valence-corrected chi connectivity index (χ2v) is 7.33. The van der Waals surface area contributed by atoms with Crippen molar-refractivity contribution in [3.8, 4) is 28.3 Å². The summed E-state index contributed by atoms with van der Waals surface area (Å²) in [5.74, 6) is 0.573. The molecule has 0 amide bonds. The van der Waals surface area contributed by atoms with Gasteiger partial charge >= 0.3 is 0 Å². The van der Waals surface area contributed by atoms with Crippen LogP contribution in [0, 0.1) is 5.82 Å². The van der Waals surface area contributed by atoms with E-state index in [9.17, 15) is 9.50 Å². The average Bonchev–Trinajstić information content (AvgIpc) is 2.71. The van der Waals surface area contributed by atoms with E-state index < -0.39 is 5.82 Å². The van der Waals surface area contributed by atoms with Crippen molar-refractivity contribution in [3.63, 3.8) is 0 Å². The number of halogens is 1. The molecule has 1 aromatic heterocycles. The summed E-state index contributed by atoms with van der Waals surface area (Å²) in [5, 5.41) is 9.34. The van der Waals surface area contributed by atoms with Crippen molar-refractivity contribution in [1.82, 2.24) is 9.97 Å². The third-order valence-corrected chi connectivity index (χ3v) is 5.14. The Morgan fingerprint density at radius 1 is 0.929 bits per heavy atom. The SMILES string of the molecule is CCCCCCC(C)c1ccc(-c2ncc(-c3ccc(O)cc3F)cn2)cc1. The Labute approximate surface area is 166 Å². The molecule has 1 heterocycles. The highest BCUT2D eigenvalue weighted by atomic mass is 19.1. The van der Waals surface area contributed by atoms with E-state index >= 15 is 0 Å². The molecule has 28 heavy (non-hydrogen) atoms. The van der Waals surface area contributed by atoms with Crippen LogP contribution in [0.25, 0.3) is 22.5 Å². The van der Waals surface area contributed by atoms with Crippen LogP contribution in [0.15, 0.2) is 54.9 Å². The molecule has 0 saturated carbocycles. The maximum Gasteiger partial charge on any atom is 0.159 e. The van der Waals surface area contributed by atoms with Gasteiger partial charge in [0.1, 0.15) is 11.6 Å². The van der Waals surface area contributed by atoms with Crippen LogP contribution in [0.4, 0.5) is 4.39 Å². The number of hydrogen-bond acceptors (Lipinski definition) is 3. The van der Waals surface area contributed by atoms with E-state index in [1.165, 1.54) is 49.8 Å². The van der Waals surface area contributed by atoms with Crippen LogP contribution in [0.2, 0.25) is 0 Å². The summed E-state index contributed by atoms with van der Waals surface area (Å²) in [6, 6.07) is 12.5. The Bertz CT molecular complexity index is 891. The monoisotopic (exact) mass is 378 g/mol. The van der Waals surface area contributed by atoms with Crippen molar-refractivity contribution < 1.29 is 9.50 Å². The lowest BCUT2D eigenvalue weighted by Gasteiger charge is -2.12. The van der Waals surface area contributed by atoms with Gasteiger partial charge in [-0.1, -0.05) is 63.8 Å². The minimum Gasteiger partial charge on any atom is -0.508 e. The largest absolute Gasteiger partial charge is 0.508 e. The Morgan fingerprint density at radius 2 is 1.64 bits per heavy atom. The fourth-order valence-electron chi connectivity index (χ4n) is 3.36. The van der Waals surface area contributed by atoms with Gasteiger partial charge in [-0.05, 0) is 30.0 Å². The fraction of sp³-hybridized carbons (Fsp3) is 0.333. The standard InChI is InChI=1S/C24H27FN2O/c1-3-4-5-6-7-17(2)18-8-10-19(11-9-18)24-26-15-20(16-27-24)22-13-12-21(28)14-23(22)25/h8-17,28H,3-7H2,1-2H3. The molecule has 0 saturated heterocycles. The quantitative estimate of drug-likeness (QED) is 0.442. The lowest BCUT2D eigenvalue weighted by Crippen LogP contribution is -1.95. The molecule has 0 fully saturated rings.